The minimum atomic E-state index is -0.965. The molecule has 1 saturated heterocycles. The van der Waals surface area contributed by atoms with Crippen LogP contribution in [0, 0.1) is 0 Å². The average Bonchev–Trinajstić information content (AvgIpc) is 2.98. The number of nitrogens with one attached hydrogen (secondary N) is 1. The molecule has 1 atom stereocenters. The van der Waals surface area contributed by atoms with Crippen LogP contribution in [0.5, 0.6) is 5.75 Å². The summed E-state index contributed by atoms with van der Waals surface area (Å²) < 4.78 is 10.2. The standard InChI is InChI=1S/C17H20N2O6S2/c1-11(16(22)18-7-8-19-14(20)9-27-17(19)23)25-15(21)10-26-13-5-3-12(24-2)4-6-13/h3-6,11H,7-10H2,1-2H3,(H,18,22)/t11-/m0/s1. The van der Waals surface area contributed by atoms with Crippen LogP contribution in [0.2, 0.25) is 0 Å². The summed E-state index contributed by atoms with van der Waals surface area (Å²) in [6.45, 7) is 1.68. The van der Waals surface area contributed by atoms with E-state index in [0.717, 1.165) is 27.3 Å². The Morgan fingerprint density at radius 2 is 2.00 bits per heavy atom. The maximum absolute atomic E-state index is 12.0. The van der Waals surface area contributed by atoms with Crippen molar-refractivity contribution in [2.45, 2.75) is 17.9 Å². The molecule has 3 amide bonds. The molecule has 0 aliphatic carbocycles. The maximum atomic E-state index is 12.0. The van der Waals surface area contributed by atoms with Crippen molar-refractivity contribution in [2.75, 3.05) is 31.7 Å². The molecule has 8 nitrogen and oxygen atoms in total. The topological polar surface area (TPSA) is 102 Å². The summed E-state index contributed by atoms with van der Waals surface area (Å²) in [6.07, 6.45) is -0.965. The fourth-order valence-electron chi connectivity index (χ4n) is 2.13. The molecule has 1 heterocycles. The summed E-state index contributed by atoms with van der Waals surface area (Å²) in [4.78, 5) is 48.7. The van der Waals surface area contributed by atoms with Crippen molar-refractivity contribution in [1.29, 1.82) is 0 Å². The van der Waals surface area contributed by atoms with Gasteiger partial charge >= 0.3 is 5.97 Å². The minimum absolute atomic E-state index is 0.0674. The molecular formula is C17H20N2O6S2. The number of carbonyl (C=O) groups is 4. The number of hydrogen-bond acceptors (Lipinski definition) is 8. The van der Waals surface area contributed by atoms with Crippen LogP contribution in [0.15, 0.2) is 29.2 Å². The number of rotatable bonds is 9. The summed E-state index contributed by atoms with van der Waals surface area (Å²) in [5.41, 5.74) is 0. The summed E-state index contributed by atoms with van der Waals surface area (Å²) in [7, 11) is 1.58. The number of thioether (sulfide) groups is 2. The lowest BCUT2D eigenvalue weighted by molar-refractivity contribution is -0.152. The Balaban J connectivity index is 1.67. The molecule has 1 aromatic rings. The first-order valence-electron chi connectivity index (χ1n) is 8.12. The lowest BCUT2D eigenvalue weighted by atomic mass is 10.3. The zero-order valence-corrected chi connectivity index (χ0v) is 16.6. The first kappa shape index (κ1) is 21.1. The molecule has 0 spiro atoms. The number of benzene rings is 1. The van der Waals surface area contributed by atoms with E-state index in [1.165, 1.54) is 18.7 Å². The summed E-state index contributed by atoms with van der Waals surface area (Å²) in [5.74, 6) is -0.341. The van der Waals surface area contributed by atoms with Crippen molar-refractivity contribution in [3.05, 3.63) is 24.3 Å². The fourth-order valence-corrected chi connectivity index (χ4v) is 3.56. The van der Waals surface area contributed by atoms with E-state index < -0.39 is 18.0 Å². The zero-order chi connectivity index (χ0) is 19.8. The third-order valence-electron chi connectivity index (χ3n) is 3.57. The van der Waals surface area contributed by atoms with Gasteiger partial charge in [0.25, 0.3) is 11.1 Å². The number of nitrogens with zero attached hydrogens (tertiary/aromatic N) is 1. The molecule has 27 heavy (non-hydrogen) atoms. The van der Waals surface area contributed by atoms with Gasteiger partial charge in [-0.2, -0.15) is 0 Å². The Labute approximate surface area is 165 Å². The largest absolute Gasteiger partial charge is 0.497 e. The van der Waals surface area contributed by atoms with Crippen molar-refractivity contribution >= 4 is 46.5 Å². The van der Waals surface area contributed by atoms with Crippen molar-refractivity contribution < 1.29 is 28.7 Å². The SMILES string of the molecule is COc1ccc(SCC(=O)O[C@@H](C)C(=O)NCCN2C(=O)CSC2=O)cc1. The van der Waals surface area contributed by atoms with Gasteiger partial charge in [0.15, 0.2) is 6.10 Å². The third-order valence-corrected chi connectivity index (χ3v) is 5.41. The summed E-state index contributed by atoms with van der Waals surface area (Å²) >= 11 is 2.23. The minimum Gasteiger partial charge on any atom is -0.497 e. The number of imide groups is 1. The van der Waals surface area contributed by atoms with Crippen molar-refractivity contribution in [2.24, 2.45) is 0 Å². The van der Waals surface area contributed by atoms with E-state index in [2.05, 4.69) is 5.32 Å². The van der Waals surface area contributed by atoms with Crippen molar-refractivity contribution in [3.8, 4) is 5.75 Å². The molecule has 0 aromatic heterocycles. The predicted molar refractivity (Wildman–Crippen MR) is 102 cm³/mol. The monoisotopic (exact) mass is 412 g/mol. The highest BCUT2D eigenvalue weighted by atomic mass is 32.2. The van der Waals surface area contributed by atoms with E-state index >= 15 is 0 Å². The van der Waals surface area contributed by atoms with E-state index in [0.29, 0.717) is 0 Å². The zero-order valence-electron chi connectivity index (χ0n) is 14.9. The van der Waals surface area contributed by atoms with Gasteiger partial charge in [0.2, 0.25) is 5.91 Å². The van der Waals surface area contributed by atoms with Crippen LogP contribution in [0.3, 0.4) is 0 Å². The fraction of sp³-hybridized carbons (Fsp3) is 0.412. The Kier molecular flexibility index (Phi) is 7.99. The quantitative estimate of drug-likeness (QED) is 0.481. The molecule has 1 N–H and O–H groups in total. The summed E-state index contributed by atoms with van der Waals surface area (Å²) in [5, 5.41) is 2.23. The van der Waals surface area contributed by atoms with E-state index in [-0.39, 0.29) is 35.7 Å². The molecule has 1 aliphatic rings. The highest BCUT2D eigenvalue weighted by Gasteiger charge is 2.29. The van der Waals surface area contributed by atoms with E-state index in [1.54, 1.807) is 19.2 Å². The van der Waals surface area contributed by atoms with Gasteiger partial charge in [-0.05, 0) is 31.2 Å². The molecule has 0 unspecified atom stereocenters. The Bertz CT molecular complexity index is 694. The molecule has 1 fully saturated rings. The average molecular weight is 412 g/mol. The third kappa shape index (κ3) is 6.47. The van der Waals surface area contributed by atoms with E-state index in [1.807, 2.05) is 12.1 Å². The van der Waals surface area contributed by atoms with Gasteiger partial charge < -0.3 is 14.8 Å². The maximum Gasteiger partial charge on any atom is 0.317 e. The first-order valence-corrected chi connectivity index (χ1v) is 10.1. The lowest BCUT2D eigenvalue weighted by Crippen LogP contribution is -2.41. The van der Waals surface area contributed by atoms with E-state index in [9.17, 15) is 19.2 Å². The highest BCUT2D eigenvalue weighted by Crippen LogP contribution is 2.21. The second-order valence-electron chi connectivity index (χ2n) is 5.49. The van der Waals surface area contributed by atoms with Crippen LogP contribution in [0.4, 0.5) is 4.79 Å². The van der Waals surface area contributed by atoms with Crippen LogP contribution in [0.1, 0.15) is 6.92 Å². The number of hydrogen-bond donors (Lipinski definition) is 1. The highest BCUT2D eigenvalue weighted by molar-refractivity contribution is 8.14. The molecule has 0 bridgehead atoms. The molecule has 10 heteroatoms. The van der Waals surface area contributed by atoms with Gasteiger partial charge in [0, 0.05) is 18.0 Å². The van der Waals surface area contributed by atoms with Gasteiger partial charge in [0.1, 0.15) is 5.75 Å². The van der Waals surface area contributed by atoms with Crippen LogP contribution >= 0.6 is 23.5 Å². The molecular weight excluding hydrogens is 392 g/mol. The molecule has 2 rings (SSSR count). The van der Waals surface area contributed by atoms with Crippen LogP contribution in [0.25, 0.3) is 0 Å². The molecule has 1 aliphatic heterocycles. The lowest BCUT2D eigenvalue weighted by Gasteiger charge is -2.16. The Morgan fingerprint density at radius 3 is 2.59 bits per heavy atom. The number of esters is 1. The van der Waals surface area contributed by atoms with Gasteiger partial charge in [0.05, 0.1) is 18.6 Å². The second kappa shape index (κ2) is 10.2. The van der Waals surface area contributed by atoms with E-state index in [4.69, 9.17) is 9.47 Å². The first-order chi connectivity index (χ1) is 12.9. The van der Waals surface area contributed by atoms with Gasteiger partial charge in [-0.1, -0.05) is 11.8 Å². The van der Waals surface area contributed by atoms with Crippen molar-refractivity contribution in [3.63, 3.8) is 0 Å². The second-order valence-corrected chi connectivity index (χ2v) is 7.46. The van der Waals surface area contributed by atoms with Gasteiger partial charge in [-0.25, -0.2) is 0 Å². The van der Waals surface area contributed by atoms with Crippen LogP contribution < -0.4 is 10.1 Å². The van der Waals surface area contributed by atoms with Crippen LogP contribution in [-0.2, 0) is 19.1 Å². The molecule has 0 radical (unpaired) electrons. The number of carbonyl (C=O) groups excluding carboxylic acids is 4. The Hall–Kier alpha value is -2.20. The molecule has 146 valence electrons. The number of ether oxygens (including phenoxy) is 2. The number of methoxy groups -OCH3 is 1. The van der Waals surface area contributed by atoms with Gasteiger partial charge in [-0.15, -0.1) is 11.8 Å². The van der Waals surface area contributed by atoms with Crippen LogP contribution in [-0.4, -0.2) is 65.7 Å². The number of amides is 3. The van der Waals surface area contributed by atoms with Gasteiger partial charge in [-0.3, -0.25) is 24.1 Å². The summed E-state index contributed by atoms with van der Waals surface area (Å²) in [6, 6.07) is 7.23. The Morgan fingerprint density at radius 1 is 1.30 bits per heavy atom. The normalized spacial score (nSPS) is 14.8. The van der Waals surface area contributed by atoms with Crippen molar-refractivity contribution in [1.82, 2.24) is 10.2 Å². The molecule has 0 saturated carbocycles. The smallest absolute Gasteiger partial charge is 0.317 e. The molecule has 1 aromatic carbocycles. The predicted octanol–water partition coefficient (Wildman–Crippen LogP) is 1.53.